The average Bonchev–Trinajstić information content (AvgIpc) is 3.06. The summed E-state index contributed by atoms with van der Waals surface area (Å²) in [5.74, 6) is -2.22. The molecule has 0 atom stereocenters. The zero-order valence-electron chi connectivity index (χ0n) is 12.8. The molecule has 7 heteroatoms. The predicted octanol–water partition coefficient (Wildman–Crippen LogP) is 2.55. The van der Waals surface area contributed by atoms with Crippen molar-refractivity contribution in [1.29, 1.82) is 0 Å². The van der Waals surface area contributed by atoms with Gasteiger partial charge in [0, 0.05) is 19.3 Å². The van der Waals surface area contributed by atoms with Gasteiger partial charge in [0.25, 0.3) is 5.91 Å². The molecule has 0 radical (unpaired) electrons. The minimum Gasteiger partial charge on any atom is -0.478 e. The summed E-state index contributed by atoms with van der Waals surface area (Å²) in [6.07, 6.45) is 1.97. The summed E-state index contributed by atoms with van der Waals surface area (Å²) >= 11 is 0. The second-order valence-corrected chi connectivity index (χ2v) is 5.66. The van der Waals surface area contributed by atoms with Gasteiger partial charge < -0.3 is 19.6 Å². The molecule has 1 aromatic carbocycles. The molecule has 1 fully saturated rings. The zero-order valence-corrected chi connectivity index (χ0v) is 12.8. The molecule has 2 heterocycles. The number of benzene rings is 1. The second kappa shape index (κ2) is 6.45. The van der Waals surface area contributed by atoms with E-state index in [0.29, 0.717) is 31.6 Å². The first-order chi connectivity index (χ1) is 11.5. The summed E-state index contributed by atoms with van der Waals surface area (Å²) in [6.45, 7) is 0.852. The van der Waals surface area contributed by atoms with E-state index in [2.05, 4.69) is 5.32 Å². The number of aromatic carboxylic acids is 1. The van der Waals surface area contributed by atoms with Gasteiger partial charge in [-0.05, 0) is 30.5 Å². The first-order valence-electron chi connectivity index (χ1n) is 7.48. The molecule has 0 bridgehead atoms. The Morgan fingerprint density at radius 2 is 1.96 bits per heavy atom. The lowest BCUT2D eigenvalue weighted by molar-refractivity contribution is 0.0336. The van der Waals surface area contributed by atoms with Crippen LogP contribution >= 0.6 is 0 Å². The first kappa shape index (κ1) is 16.2. The number of carbonyl (C=O) groups excluding carboxylic acids is 1. The number of carbonyl (C=O) groups is 2. The van der Waals surface area contributed by atoms with E-state index < -0.39 is 23.2 Å². The van der Waals surface area contributed by atoms with Crippen LogP contribution in [0.5, 0.6) is 0 Å². The van der Waals surface area contributed by atoms with E-state index in [1.165, 1.54) is 12.1 Å². The molecule has 1 aliphatic heterocycles. The van der Waals surface area contributed by atoms with Crippen LogP contribution in [0, 0.1) is 5.82 Å². The number of nitrogens with one attached hydrogen (secondary N) is 1. The number of carboxylic acids is 1. The monoisotopic (exact) mass is 333 g/mol. The summed E-state index contributed by atoms with van der Waals surface area (Å²) in [4.78, 5) is 23.4. The van der Waals surface area contributed by atoms with Gasteiger partial charge in [-0.2, -0.15) is 0 Å². The molecule has 1 amide bonds. The number of rotatable bonds is 4. The quantitative estimate of drug-likeness (QED) is 0.897. The van der Waals surface area contributed by atoms with Crippen molar-refractivity contribution in [2.24, 2.45) is 0 Å². The summed E-state index contributed by atoms with van der Waals surface area (Å²) < 4.78 is 24.0. The Bertz CT molecular complexity index is 764. The molecule has 24 heavy (non-hydrogen) atoms. The van der Waals surface area contributed by atoms with Crippen molar-refractivity contribution in [3.8, 4) is 0 Å². The van der Waals surface area contributed by atoms with E-state index in [1.807, 2.05) is 0 Å². The fraction of sp³-hybridized carbons (Fsp3) is 0.294. The SMILES string of the molecule is O=C(O)c1coc(C(=O)NC2(c3cccc(F)c3)CCOCC2)c1. The lowest BCUT2D eigenvalue weighted by atomic mass is 9.82. The standard InChI is InChI=1S/C17H16FNO5/c18-13-3-1-2-12(9-13)17(4-6-23-7-5-17)19-15(20)14-8-11(10-24-14)16(21)22/h1-3,8-10H,4-7H2,(H,19,20)(H,21,22). The van der Waals surface area contributed by atoms with Gasteiger partial charge in [-0.25, -0.2) is 9.18 Å². The van der Waals surface area contributed by atoms with Crippen molar-refractivity contribution in [2.45, 2.75) is 18.4 Å². The Balaban J connectivity index is 1.89. The fourth-order valence-corrected chi connectivity index (χ4v) is 2.84. The van der Waals surface area contributed by atoms with Crippen LogP contribution in [0.2, 0.25) is 0 Å². The Hall–Kier alpha value is -2.67. The molecule has 2 N–H and O–H groups in total. The van der Waals surface area contributed by atoms with Crippen LogP contribution < -0.4 is 5.32 Å². The van der Waals surface area contributed by atoms with Gasteiger partial charge in [0.05, 0.1) is 11.1 Å². The second-order valence-electron chi connectivity index (χ2n) is 5.66. The van der Waals surface area contributed by atoms with Crippen molar-refractivity contribution in [2.75, 3.05) is 13.2 Å². The normalized spacial score (nSPS) is 16.5. The highest BCUT2D eigenvalue weighted by Gasteiger charge is 2.37. The van der Waals surface area contributed by atoms with Gasteiger partial charge in [0.15, 0.2) is 5.76 Å². The fourth-order valence-electron chi connectivity index (χ4n) is 2.84. The van der Waals surface area contributed by atoms with E-state index in [0.717, 1.165) is 12.3 Å². The summed E-state index contributed by atoms with van der Waals surface area (Å²) in [7, 11) is 0. The molecule has 6 nitrogen and oxygen atoms in total. The largest absolute Gasteiger partial charge is 0.478 e. The van der Waals surface area contributed by atoms with Gasteiger partial charge >= 0.3 is 5.97 Å². The molecule has 2 aromatic rings. The molecule has 1 aromatic heterocycles. The number of hydrogen-bond donors (Lipinski definition) is 2. The molecule has 3 rings (SSSR count). The Labute approximate surface area is 137 Å². The van der Waals surface area contributed by atoms with Gasteiger partial charge in [-0.3, -0.25) is 4.79 Å². The highest BCUT2D eigenvalue weighted by atomic mass is 19.1. The van der Waals surface area contributed by atoms with E-state index in [-0.39, 0.29) is 11.3 Å². The van der Waals surface area contributed by atoms with Crippen molar-refractivity contribution >= 4 is 11.9 Å². The van der Waals surface area contributed by atoms with Crippen LogP contribution in [-0.2, 0) is 10.3 Å². The molecule has 0 spiro atoms. The van der Waals surface area contributed by atoms with Crippen molar-refractivity contribution < 1.29 is 28.2 Å². The third kappa shape index (κ3) is 3.16. The lowest BCUT2D eigenvalue weighted by Gasteiger charge is -2.38. The number of hydrogen-bond acceptors (Lipinski definition) is 4. The van der Waals surface area contributed by atoms with Crippen LogP contribution in [-0.4, -0.2) is 30.2 Å². The Morgan fingerprint density at radius 1 is 1.21 bits per heavy atom. The third-order valence-electron chi connectivity index (χ3n) is 4.15. The van der Waals surface area contributed by atoms with Crippen molar-refractivity contribution in [1.82, 2.24) is 5.32 Å². The highest BCUT2D eigenvalue weighted by Crippen LogP contribution is 2.33. The first-order valence-corrected chi connectivity index (χ1v) is 7.48. The minimum absolute atomic E-state index is 0.102. The molecule has 0 saturated carbocycles. The molecule has 0 unspecified atom stereocenters. The van der Waals surface area contributed by atoms with Crippen LogP contribution in [0.4, 0.5) is 4.39 Å². The molecule has 126 valence electrons. The topological polar surface area (TPSA) is 88.8 Å². The maximum Gasteiger partial charge on any atom is 0.338 e. The number of furan rings is 1. The summed E-state index contributed by atoms with van der Waals surface area (Å²) in [5.41, 5.74) is -0.246. The lowest BCUT2D eigenvalue weighted by Crippen LogP contribution is -2.49. The number of carboxylic acid groups (broad SMARTS) is 1. The average molecular weight is 333 g/mol. The van der Waals surface area contributed by atoms with Crippen molar-refractivity contribution in [3.63, 3.8) is 0 Å². The highest BCUT2D eigenvalue weighted by molar-refractivity contribution is 5.95. The third-order valence-corrected chi connectivity index (χ3v) is 4.15. The number of ether oxygens (including phenoxy) is 1. The zero-order chi connectivity index (χ0) is 17.2. The van der Waals surface area contributed by atoms with Gasteiger partial charge in [-0.1, -0.05) is 12.1 Å². The van der Waals surface area contributed by atoms with E-state index >= 15 is 0 Å². The van der Waals surface area contributed by atoms with Gasteiger partial charge in [-0.15, -0.1) is 0 Å². The predicted molar refractivity (Wildman–Crippen MR) is 81.3 cm³/mol. The molecular formula is C17H16FNO5. The Morgan fingerprint density at radius 3 is 2.58 bits per heavy atom. The van der Waals surface area contributed by atoms with E-state index in [4.69, 9.17) is 14.3 Å². The van der Waals surface area contributed by atoms with Crippen LogP contribution in [0.15, 0.2) is 41.0 Å². The molecule has 1 saturated heterocycles. The summed E-state index contributed by atoms with van der Waals surface area (Å²) in [6, 6.07) is 7.22. The number of halogens is 1. The van der Waals surface area contributed by atoms with Crippen molar-refractivity contribution in [3.05, 3.63) is 59.3 Å². The van der Waals surface area contributed by atoms with Crippen LogP contribution in [0.25, 0.3) is 0 Å². The molecular weight excluding hydrogens is 317 g/mol. The van der Waals surface area contributed by atoms with Gasteiger partial charge in [0.1, 0.15) is 12.1 Å². The summed E-state index contributed by atoms with van der Waals surface area (Å²) in [5, 5.41) is 11.8. The molecule has 1 aliphatic rings. The van der Waals surface area contributed by atoms with Crippen LogP contribution in [0.1, 0.15) is 39.3 Å². The molecule has 0 aliphatic carbocycles. The number of amides is 1. The van der Waals surface area contributed by atoms with Gasteiger partial charge in [0.2, 0.25) is 0 Å². The minimum atomic E-state index is -1.18. The van der Waals surface area contributed by atoms with Crippen LogP contribution in [0.3, 0.4) is 0 Å². The smallest absolute Gasteiger partial charge is 0.338 e. The van der Waals surface area contributed by atoms with E-state index in [9.17, 15) is 14.0 Å². The van der Waals surface area contributed by atoms with E-state index in [1.54, 1.807) is 12.1 Å². The maximum absolute atomic E-state index is 13.6. The Kier molecular flexibility index (Phi) is 4.35. The maximum atomic E-state index is 13.6.